The third-order valence-corrected chi connectivity index (χ3v) is 3.88. The molecule has 0 unspecified atom stereocenters. The van der Waals surface area contributed by atoms with Crippen molar-refractivity contribution in [3.63, 3.8) is 0 Å². The van der Waals surface area contributed by atoms with E-state index in [0.717, 1.165) is 11.3 Å². The van der Waals surface area contributed by atoms with Gasteiger partial charge in [-0.1, -0.05) is 24.3 Å². The molecule has 0 atom stereocenters. The van der Waals surface area contributed by atoms with Crippen molar-refractivity contribution in [3.8, 4) is 17.1 Å². The lowest BCUT2D eigenvalue weighted by Crippen LogP contribution is -2.23. The van der Waals surface area contributed by atoms with Crippen LogP contribution in [0.3, 0.4) is 0 Å². The molecule has 1 heterocycles. The predicted octanol–water partition coefficient (Wildman–Crippen LogP) is 3.74. The van der Waals surface area contributed by atoms with E-state index in [-0.39, 0.29) is 18.1 Å². The fourth-order valence-corrected chi connectivity index (χ4v) is 2.50. The molecule has 1 N–H and O–H groups in total. The van der Waals surface area contributed by atoms with Crippen molar-refractivity contribution < 1.29 is 18.3 Å². The number of amides is 1. The van der Waals surface area contributed by atoms with E-state index in [0.29, 0.717) is 30.2 Å². The first-order valence-corrected chi connectivity index (χ1v) is 8.25. The van der Waals surface area contributed by atoms with Gasteiger partial charge in [0, 0.05) is 19.4 Å². The van der Waals surface area contributed by atoms with E-state index >= 15 is 0 Å². The third-order valence-electron chi connectivity index (χ3n) is 3.88. The van der Waals surface area contributed by atoms with Gasteiger partial charge < -0.3 is 14.5 Å². The molecule has 1 aromatic heterocycles. The van der Waals surface area contributed by atoms with Crippen molar-refractivity contribution in [3.05, 3.63) is 72.0 Å². The van der Waals surface area contributed by atoms with E-state index in [1.807, 2.05) is 24.3 Å². The highest BCUT2D eigenvalue weighted by molar-refractivity contribution is 5.76. The van der Waals surface area contributed by atoms with Crippen LogP contribution in [0.5, 0.6) is 5.75 Å². The summed E-state index contributed by atoms with van der Waals surface area (Å²) in [5.41, 5.74) is 1.31. The highest BCUT2D eigenvalue weighted by atomic mass is 19.1. The lowest BCUT2D eigenvalue weighted by Gasteiger charge is -2.06. The Bertz CT molecular complexity index is 892. The van der Waals surface area contributed by atoms with Crippen molar-refractivity contribution in [2.75, 3.05) is 7.11 Å². The van der Waals surface area contributed by atoms with E-state index < -0.39 is 0 Å². The standard InChI is InChI=1S/C20H19FN2O3/c1-25-15-6-4-5-14(11-15)12-22-19(24)9-10-20-23-13-18(26-20)16-7-2-3-8-17(16)21/h2-8,11,13H,9-10,12H2,1H3,(H,22,24). The summed E-state index contributed by atoms with van der Waals surface area (Å²) in [5.74, 6) is 1.02. The first-order valence-electron chi connectivity index (χ1n) is 8.25. The number of hydrogen-bond acceptors (Lipinski definition) is 4. The number of benzene rings is 2. The first kappa shape index (κ1) is 17.7. The summed E-state index contributed by atoms with van der Waals surface area (Å²) in [7, 11) is 1.60. The van der Waals surface area contributed by atoms with E-state index in [2.05, 4.69) is 10.3 Å². The molecule has 0 aliphatic carbocycles. The van der Waals surface area contributed by atoms with Gasteiger partial charge in [-0.25, -0.2) is 9.37 Å². The fourth-order valence-electron chi connectivity index (χ4n) is 2.50. The Morgan fingerprint density at radius 2 is 2.08 bits per heavy atom. The molecule has 0 saturated heterocycles. The van der Waals surface area contributed by atoms with Gasteiger partial charge in [0.1, 0.15) is 11.6 Å². The number of nitrogens with one attached hydrogen (secondary N) is 1. The number of carbonyl (C=O) groups excluding carboxylic acids is 1. The number of methoxy groups -OCH3 is 1. The van der Waals surface area contributed by atoms with Gasteiger partial charge in [0.05, 0.1) is 18.9 Å². The summed E-state index contributed by atoms with van der Waals surface area (Å²) in [4.78, 5) is 16.1. The zero-order valence-corrected chi connectivity index (χ0v) is 14.4. The molecule has 3 rings (SSSR count). The van der Waals surface area contributed by atoms with Gasteiger partial charge in [-0.05, 0) is 29.8 Å². The van der Waals surface area contributed by atoms with Gasteiger partial charge in [-0.3, -0.25) is 4.79 Å². The van der Waals surface area contributed by atoms with E-state index in [1.54, 1.807) is 25.3 Å². The number of aromatic nitrogens is 1. The van der Waals surface area contributed by atoms with Crippen LogP contribution in [0, 0.1) is 5.82 Å². The van der Waals surface area contributed by atoms with Crippen LogP contribution < -0.4 is 10.1 Å². The highest BCUT2D eigenvalue weighted by Crippen LogP contribution is 2.23. The molecule has 0 aliphatic heterocycles. The van der Waals surface area contributed by atoms with Gasteiger partial charge in [0.2, 0.25) is 5.91 Å². The lowest BCUT2D eigenvalue weighted by atomic mass is 10.2. The van der Waals surface area contributed by atoms with Crippen LogP contribution in [0.25, 0.3) is 11.3 Å². The van der Waals surface area contributed by atoms with Crippen molar-refractivity contribution in [1.82, 2.24) is 10.3 Å². The van der Waals surface area contributed by atoms with Gasteiger partial charge in [0.25, 0.3) is 0 Å². The number of nitrogens with zero attached hydrogens (tertiary/aromatic N) is 1. The maximum Gasteiger partial charge on any atom is 0.220 e. The van der Waals surface area contributed by atoms with Gasteiger partial charge in [-0.2, -0.15) is 0 Å². The predicted molar refractivity (Wildman–Crippen MR) is 95.1 cm³/mol. The van der Waals surface area contributed by atoms with Crippen LogP contribution in [0.2, 0.25) is 0 Å². The van der Waals surface area contributed by atoms with E-state index in [4.69, 9.17) is 9.15 Å². The summed E-state index contributed by atoms with van der Waals surface area (Å²) in [6, 6.07) is 13.8. The minimum absolute atomic E-state index is 0.113. The third kappa shape index (κ3) is 4.47. The Morgan fingerprint density at radius 1 is 1.23 bits per heavy atom. The number of carbonyl (C=O) groups is 1. The second-order valence-corrected chi connectivity index (χ2v) is 5.73. The molecule has 0 bridgehead atoms. The zero-order valence-electron chi connectivity index (χ0n) is 14.4. The molecule has 0 aliphatic rings. The normalized spacial score (nSPS) is 10.5. The second kappa shape index (κ2) is 8.29. The van der Waals surface area contributed by atoms with Crippen molar-refractivity contribution in [2.24, 2.45) is 0 Å². The van der Waals surface area contributed by atoms with Gasteiger partial charge in [-0.15, -0.1) is 0 Å². The minimum atomic E-state index is -0.369. The van der Waals surface area contributed by atoms with Crippen LogP contribution in [-0.2, 0) is 17.8 Å². The quantitative estimate of drug-likeness (QED) is 0.702. The van der Waals surface area contributed by atoms with Gasteiger partial charge >= 0.3 is 0 Å². The van der Waals surface area contributed by atoms with Crippen molar-refractivity contribution in [2.45, 2.75) is 19.4 Å². The molecule has 0 radical (unpaired) electrons. The first-order chi connectivity index (χ1) is 12.7. The molecule has 5 nitrogen and oxygen atoms in total. The van der Waals surface area contributed by atoms with Crippen molar-refractivity contribution in [1.29, 1.82) is 0 Å². The molecular formula is C20H19FN2O3. The Balaban J connectivity index is 1.51. The number of aryl methyl sites for hydroxylation is 1. The summed E-state index contributed by atoms with van der Waals surface area (Å²) < 4.78 is 24.5. The average molecular weight is 354 g/mol. The van der Waals surface area contributed by atoms with Crippen molar-refractivity contribution >= 4 is 5.91 Å². The summed E-state index contributed by atoms with van der Waals surface area (Å²) >= 11 is 0. The summed E-state index contributed by atoms with van der Waals surface area (Å²) in [5, 5.41) is 2.84. The average Bonchev–Trinajstić information content (AvgIpc) is 3.14. The summed E-state index contributed by atoms with van der Waals surface area (Å²) in [6.07, 6.45) is 2.06. The lowest BCUT2D eigenvalue weighted by molar-refractivity contribution is -0.121. The molecular weight excluding hydrogens is 335 g/mol. The van der Waals surface area contributed by atoms with Crippen LogP contribution in [0.1, 0.15) is 17.9 Å². The van der Waals surface area contributed by atoms with Gasteiger partial charge in [0.15, 0.2) is 11.7 Å². The number of oxazole rings is 1. The minimum Gasteiger partial charge on any atom is -0.497 e. The zero-order chi connectivity index (χ0) is 18.4. The SMILES string of the molecule is COc1cccc(CNC(=O)CCc2ncc(-c3ccccc3F)o2)c1. The van der Waals surface area contributed by atoms with E-state index in [9.17, 15) is 9.18 Å². The van der Waals surface area contributed by atoms with Crippen LogP contribution in [-0.4, -0.2) is 18.0 Å². The molecule has 0 saturated carbocycles. The molecule has 3 aromatic rings. The Hall–Kier alpha value is -3.15. The number of hydrogen-bond donors (Lipinski definition) is 1. The molecule has 6 heteroatoms. The number of halogens is 1. The Kier molecular flexibility index (Phi) is 5.63. The molecule has 0 fully saturated rings. The monoisotopic (exact) mass is 354 g/mol. The number of rotatable bonds is 7. The molecule has 26 heavy (non-hydrogen) atoms. The maximum atomic E-state index is 13.8. The van der Waals surface area contributed by atoms with Crippen LogP contribution in [0.15, 0.2) is 59.1 Å². The topological polar surface area (TPSA) is 64.4 Å². The summed E-state index contributed by atoms with van der Waals surface area (Å²) in [6.45, 7) is 0.419. The Labute approximate surface area is 150 Å². The number of ether oxygens (including phenoxy) is 1. The smallest absolute Gasteiger partial charge is 0.220 e. The fraction of sp³-hybridized carbons (Fsp3) is 0.200. The molecule has 0 spiro atoms. The van der Waals surface area contributed by atoms with Crippen LogP contribution in [0.4, 0.5) is 4.39 Å². The molecule has 1 amide bonds. The van der Waals surface area contributed by atoms with Crippen LogP contribution >= 0.6 is 0 Å². The molecule has 134 valence electrons. The largest absolute Gasteiger partial charge is 0.497 e. The molecule has 2 aromatic carbocycles. The van der Waals surface area contributed by atoms with E-state index in [1.165, 1.54) is 12.3 Å². The highest BCUT2D eigenvalue weighted by Gasteiger charge is 2.11. The Morgan fingerprint density at radius 3 is 2.88 bits per heavy atom. The maximum absolute atomic E-state index is 13.8. The second-order valence-electron chi connectivity index (χ2n) is 5.73.